The zero-order valence-electron chi connectivity index (χ0n) is 7.51. The van der Waals surface area contributed by atoms with Crippen LogP contribution >= 0.6 is 11.6 Å². The van der Waals surface area contributed by atoms with E-state index in [9.17, 15) is 4.79 Å². The van der Waals surface area contributed by atoms with Crippen LogP contribution in [0, 0.1) is 0 Å². The predicted octanol–water partition coefficient (Wildman–Crippen LogP) is 3.12. The Balaban J connectivity index is 2.50. The van der Waals surface area contributed by atoms with E-state index in [0.717, 1.165) is 18.4 Å². The lowest BCUT2D eigenvalue weighted by Crippen LogP contribution is -2.06. The first-order chi connectivity index (χ1) is 6.13. The molecule has 1 aromatic carbocycles. The minimum atomic E-state index is -0.344. The second-order valence-electron chi connectivity index (χ2n) is 3.88. The molecule has 0 amide bonds. The van der Waals surface area contributed by atoms with Crippen molar-refractivity contribution in [3.8, 4) is 0 Å². The fourth-order valence-electron chi connectivity index (χ4n) is 1.64. The summed E-state index contributed by atoms with van der Waals surface area (Å²) in [5.74, 6) is 0. The fourth-order valence-corrected chi connectivity index (χ4v) is 1.80. The van der Waals surface area contributed by atoms with Crippen LogP contribution in [0.15, 0.2) is 24.3 Å². The Morgan fingerprint density at radius 2 is 2.00 bits per heavy atom. The van der Waals surface area contributed by atoms with Crippen molar-refractivity contribution in [3.05, 3.63) is 35.4 Å². The minimum absolute atomic E-state index is 0.209. The Bertz CT molecular complexity index is 353. The van der Waals surface area contributed by atoms with Crippen LogP contribution in [-0.2, 0) is 5.41 Å². The van der Waals surface area contributed by atoms with Gasteiger partial charge in [0.15, 0.2) is 0 Å². The Morgan fingerprint density at radius 3 is 2.54 bits per heavy atom. The van der Waals surface area contributed by atoms with E-state index in [0.29, 0.717) is 5.56 Å². The maximum atomic E-state index is 11.1. The summed E-state index contributed by atoms with van der Waals surface area (Å²) in [6.07, 6.45) is 2.32. The molecule has 1 fully saturated rings. The maximum Gasteiger partial charge on any atom is 0.252 e. The van der Waals surface area contributed by atoms with E-state index in [1.165, 1.54) is 0 Å². The van der Waals surface area contributed by atoms with Gasteiger partial charge >= 0.3 is 0 Å². The summed E-state index contributed by atoms with van der Waals surface area (Å²) >= 11 is 5.50. The average Bonchev–Trinajstić information content (AvgIpc) is 2.85. The predicted molar refractivity (Wildman–Crippen MR) is 53.2 cm³/mol. The number of benzene rings is 1. The second-order valence-corrected chi connectivity index (χ2v) is 4.22. The highest BCUT2D eigenvalue weighted by molar-refractivity contribution is 6.67. The van der Waals surface area contributed by atoms with Crippen LogP contribution in [0.2, 0.25) is 0 Å². The summed E-state index contributed by atoms with van der Waals surface area (Å²) in [6.45, 7) is 2.17. The smallest absolute Gasteiger partial charge is 0.252 e. The van der Waals surface area contributed by atoms with Crippen molar-refractivity contribution in [3.63, 3.8) is 0 Å². The Hall–Kier alpha value is -0.820. The van der Waals surface area contributed by atoms with Crippen LogP contribution in [0.1, 0.15) is 35.7 Å². The Labute approximate surface area is 82.7 Å². The number of carbonyl (C=O) groups is 1. The van der Waals surface area contributed by atoms with Gasteiger partial charge in [-0.3, -0.25) is 4.79 Å². The molecule has 1 aliphatic carbocycles. The molecule has 0 aliphatic heterocycles. The molecule has 1 saturated carbocycles. The van der Waals surface area contributed by atoms with Crippen molar-refractivity contribution >= 4 is 16.8 Å². The van der Waals surface area contributed by atoms with Crippen molar-refractivity contribution in [2.24, 2.45) is 0 Å². The molecular formula is C11H11ClO. The van der Waals surface area contributed by atoms with Crippen LogP contribution in [0.3, 0.4) is 0 Å². The molecule has 0 atom stereocenters. The van der Waals surface area contributed by atoms with Gasteiger partial charge in [-0.05, 0) is 41.5 Å². The topological polar surface area (TPSA) is 17.1 Å². The van der Waals surface area contributed by atoms with Crippen LogP contribution in [0.5, 0.6) is 0 Å². The van der Waals surface area contributed by atoms with Crippen molar-refractivity contribution in [1.29, 1.82) is 0 Å². The summed E-state index contributed by atoms with van der Waals surface area (Å²) < 4.78 is 0. The van der Waals surface area contributed by atoms with E-state index < -0.39 is 0 Å². The summed E-state index contributed by atoms with van der Waals surface area (Å²) in [5.41, 5.74) is 1.99. The van der Waals surface area contributed by atoms with E-state index in [1.807, 2.05) is 18.2 Å². The molecule has 68 valence electrons. The third kappa shape index (κ3) is 1.49. The molecule has 2 heteroatoms. The summed E-state index contributed by atoms with van der Waals surface area (Å²) in [7, 11) is 0. The quantitative estimate of drug-likeness (QED) is 0.662. The number of rotatable bonds is 2. The van der Waals surface area contributed by atoms with E-state index in [4.69, 9.17) is 11.6 Å². The van der Waals surface area contributed by atoms with Gasteiger partial charge in [-0.15, -0.1) is 0 Å². The van der Waals surface area contributed by atoms with Gasteiger partial charge in [0.2, 0.25) is 0 Å². The lowest BCUT2D eigenvalue weighted by atomic mass is 9.94. The van der Waals surface area contributed by atoms with E-state index in [2.05, 4.69) is 6.92 Å². The minimum Gasteiger partial charge on any atom is -0.276 e. The first kappa shape index (κ1) is 8.76. The first-order valence-corrected chi connectivity index (χ1v) is 4.81. The van der Waals surface area contributed by atoms with Crippen LogP contribution in [-0.4, -0.2) is 5.24 Å². The summed E-state index contributed by atoms with van der Waals surface area (Å²) in [4.78, 5) is 11.1. The van der Waals surface area contributed by atoms with Gasteiger partial charge in [0.1, 0.15) is 0 Å². The lowest BCUT2D eigenvalue weighted by Gasteiger charge is -2.11. The van der Waals surface area contributed by atoms with Gasteiger partial charge in [0, 0.05) is 5.56 Å². The molecule has 0 heterocycles. The van der Waals surface area contributed by atoms with Crippen molar-refractivity contribution in [1.82, 2.24) is 0 Å². The highest BCUT2D eigenvalue weighted by Gasteiger charge is 2.40. The van der Waals surface area contributed by atoms with Gasteiger partial charge in [0.05, 0.1) is 0 Å². The van der Waals surface area contributed by atoms with Gasteiger partial charge < -0.3 is 0 Å². The van der Waals surface area contributed by atoms with Crippen LogP contribution in [0.4, 0.5) is 0 Å². The number of halogens is 1. The zero-order valence-corrected chi connectivity index (χ0v) is 8.27. The molecule has 1 nitrogen and oxygen atoms in total. The van der Waals surface area contributed by atoms with Gasteiger partial charge in [-0.1, -0.05) is 25.1 Å². The molecule has 0 spiro atoms. The number of hydrogen-bond acceptors (Lipinski definition) is 1. The fraction of sp³-hybridized carbons (Fsp3) is 0.364. The van der Waals surface area contributed by atoms with Gasteiger partial charge in [0.25, 0.3) is 5.24 Å². The molecule has 2 rings (SSSR count). The summed E-state index contributed by atoms with van der Waals surface area (Å²) in [6, 6.07) is 7.62. The normalized spacial score (nSPS) is 18.3. The standard InChI is InChI=1S/C11H11ClO/c1-11(6-7-11)9-5-3-2-4-8(9)10(12)13/h2-5H,6-7H2,1H3. The Morgan fingerprint density at radius 1 is 1.38 bits per heavy atom. The van der Waals surface area contributed by atoms with E-state index in [1.54, 1.807) is 6.07 Å². The maximum absolute atomic E-state index is 11.1. The molecule has 1 aromatic rings. The van der Waals surface area contributed by atoms with Gasteiger partial charge in [-0.2, -0.15) is 0 Å². The van der Waals surface area contributed by atoms with Crippen LogP contribution in [0.25, 0.3) is 0 Å². The average molecular weight is 195 g/mol. The molecule has 0 aromatic heterocycles. The summed E-state index contributed by atoms with van der Waals surface area (Å²) in [5, 5.41) is -0.344. The molecule has 0 radical (unpaired) electrons. The molecule has 0 N–H and O–H groups in total. The highest BCUT2D eigenvalue weighted by atomic mass is 35.5. The Kier molecular flexibility index (Phi) is 1.92. The van der Waals surface area contributed by atoms with Crippen LogP contribution < -0.4 is 0 Å². The molecule has 1 aliphatic rings. The van der Waals surface area contributed by atoms with Gasteiger partial charge in [-0.25, -0.2) is 0 Å². The molecule has 13 heavy (non-hydrogen) atoms. The SMILES string of the molecule is CC1(c2ccccc2C(=O)Cl)CC1. The largest absolute Gasteiger partial charge is 0.276 e. The lowest BCUT2D eigenvalue weighted by molar-refractivity contribution is 0.108. The van der Waals surface area contributed by atoms with E-state index in [-0.39, 0.29) is 10.7 Å². The third-order valence-corrected chi connectivity index (χ3v) is 2.99. The zero-order chi connectivity index (χ0) is 9.47. The number of hydrogen-bond donors (Lipinski definition) is 0. The van der Waals surface area contributed by atoms with Crippen molar-refractivity contribution in [2.75, 3.05) is 0 Å². The van der Waals surface area contributed by atoms with Crippen molar-refractivity contribution < 1.29 is 4.79 Å². The third-order valence-electron chi connectivity index (χ3n) is 2.79. The second kappa shape index (κ2) is 2.85. The first-order valence-electron chi connectivity index (χ1n) is 4.43. The monoisotopic (exact) mass is 194 g/mol. The van der Waals surface area contributed by atoms with Crippen molar-refractivity contribution in [2.45, 2.75) is 25.2 Å². The van der Waals surface area contributed by atoms with E-state index >= 15 is 0 Å². The highest BCUT2D eigenvalue weighted by Crippen LogP contribution is 2.48. The molecule has 0 bridgehead atoms. The molecular weight excluding hydrogens is 184 g/mol. The molecule has 0 saturated heterocycles. The molecule has 0 unspecified atom stereocenters. The number of carbonyl (C=O) groups excluding carboxylic acids is 1.